The lowest BCUT2D eigenvalue weighted by Gasteiger charge is -2.23. The summed E-state index contributed by atoms with van der Waals surface area (Å²) in [4.78, 5) is 0. The third-order valence-corrected chi connectivity index (χ3v) is 3.55. The number of aromatic amines is 1. The van der Waals surface area contributed by atoms with E-state index in [0.29, 0.717) is 23.2 Å². The molecule has 0 radical (unpaired) electrons. The van der Waals surface area contributed by atoms with E-state index in [1.54, 1.807) is 6.07 Å². The Balaban J connectivity index is 1.76. The lowest BCUT2D eigenvalue weighted by Crippen LogP contribution is -2.28. The van der Waals surface area contributed by atoms with E-state index in [1.807, 2.05) is 18.2 Å². The van der Waals surface area contributed by atoms with Gasteiger partial charge in [0.25, 0.3) is 0 Å². The monoisotopic (exact) mass is 293 g/mol. The summed E-state index contributed by atoms with van der Waals surface area (Å²) in [6, 6.07) is 7.40. The van der Waals surface area contributed by atoms with Gasteiger partial charge in [-0.15, -0.1) is 0 Å². The molecule has 6 heteroatoms. The molecule has 1 atom stereocenters. The van der Waals surface area contributed by atoms with Gasteiger partial charge in [-0.1, -0.05) is 11.6 Å². The maximum Gasteiger partial charge on any atom is 0.145 e. The summed E-state index contributed by atoms with van der Waals surface area (Å²) in [6.07, 6.45) is 2.10. The van der Waals surface area contributed by atoms with Gasteiger partial charge in [0.05, 0.1) is 17.3 Å². The van der Waals surface area contributed by atoms with E-state index in [4.69, 9.17) is 26.8 Å². The van der Waals surface area contributed by atoms with Gasteiger partial charge in [0.15, 0.2) is 0 Å². The molecule has 1 saturated heterocycles. The highest BCUT2D eigenvalue weighted by atomic mass is 35.5. The molecule has 1 unspecified atom stereocenters. The minimum absolute atomic E-state index is 0.0786. The van der Waals surface area contributed by atoms with E-state index in [0.717, 1.165) is 30.7 Å². The molecule has 0 amide bonds. The molecule has 0 aliphatic carbocycles. The average molecular weight is 294 g/mol. The number of nitrogens with one attached hydrogen (secondary N) is 1. The molecule has 2 aromatic rings. The molecule has 1 aromatic heterocycles. The predicted octanol–water partition coefficient (Wildman–Crippen LogP) is 2.87. The summed E-state index contributed by atoms with van der Waals surface area (Å²) in [6.45, 7) is 1.43. The van der Waals surface area contributed by atoms with Crippen molar-refractivity contribution in [3.05, 3.63) is 29.3 Å². The molecule has 1 aliphatic heterocycles. The summed E-state index contributed by atoms with van der Waals surface area (Å²) in [5, 5.41) is 7.33. The van der Waals surface area contributed by atoms with E-state index < -0.39 is 0 Å². The summed E-state index contributed by atoms with van der Waals surface area (Å²) in [5.74, 6) is 1.13. The highest BCUT2D eigenvalue weighted by Crippen LogP contribution is 2.31. The van der Waals surface area contributed by atoms with Crippen LogP contribution >= 0.6 is 11.6 Å². The van der Waals surface area contributed by atoms with Crippen LogP contribution in [-0.2, 0) is 4.74 Å². The first-order valence-corrected chi connectivity index (χ1v) is 6.95. The lowest BCUT2D eigenvalue weighted by molar-refractivity contribution is 0.00748. The molecule has 3 rings (SSSR count). The number of rotatable bonds is 3. The van der Waals surface area contributed by atoms with Crippen molar-refractivity contribution in [3.63, 3.8) is 0 Å². The topological polar surface area (TPSA) is 73.2 Å². The van der Waals surface area contributed by atoms with E-state index in [2.05, 4.69) is 10.2 Å². The summed E-state index contributed by atoms with van der Waals surface area (Å²) in [7, 11) is 0. The van der Waals surface area contributed by atoms with Crippen molar-refractivity contribution in [1.29, 1.82) is 0 Å². The number of halogens is 1. The SMILES string of the molecule is Nc1cc(-c2ccc(OC3CCCOC3)c(Cl)c2)[nH]n1. The molecule has 0 saturated carbocycles. The van der Waals surface area contributed by atoms with E-state index >= 15 is 0 Å². The van der Waals surface area contributed by atoms with Gasteiger partial charge in [0.1, 0.15) is 17.7 Å². The van der Waals surface area contributed by atoms with Gasteiger partial charge in [-0.3, -0.25) is 5.10 Å². The van der Waals surface area contributed by atoms with Crippen LogP contribution in [-0.4, -0.2) is 29.5 Å². The molecule has 5 nitrogen and oxygen atoms in total. The fourth-order valence-electron chi connectivity index (χ4n) is 2.23. The van der Waals surface area contributed by atoms with Crippen molar-refractivity contribution >= 4 is 17.4 Å². The fourth-order valence-corrected chi connectivity index (χ4v) is 2.46. The highest BCUT2D eigenvalue weighted by molar-refractivity contribution is 6.32. The summed E-state index contributed by atoms with van der Waals surface area (Å²) >= 11 is 6.27. The highest BCUT2D eigenvalue weighted by Gasteiger charge is 2.17. The largest absolute Gasteiger partial charge is 0.486 e. The number of H-pyrrole nitrogens is 1. The Morgan fingerprint density at radius 2 is 2.30 bits per heavy atom. The van der Waals surface area contributed by atoms with Crippen molar-refractivity contribution in [1.82, 2.24) is 10.2 Å². The lowest BCUT2D eigenvalue weighted by atomic mass is 10.1. The quantitative estimate of drug-likeness (QED) is 0.912. The van der Waals surface area contributed by atoms with Crippen LogP contribution in [0.3, 0.4) is 0 Å². The predicted molar refractivity (Wildman–Crippen MR) is 77.9 cm³/mol. The van der Waals surface area contributed by atoms with Crippen molar-refractivity contribution < 1.29 is 9.47 Å². The molecular weight excluding hydrogens is 278 g/mol. The van der Waals surface area contributed by atoms with E-state index in [1.165, 1.54) is 0 Å². The Morgan fingerprint density at radius 3 is 2.95 bits per heavy atom. The van der Waals surface area contributed by atoms with Crippen molar-refractivity contribution in [3.8, 4) is 17.0 Å². The number of hydrogen-bond donors (Lipinski definition) is 2. The maximum absolute atomic E-state index is 6.27. The Bertz CT molecular complexity index is 594. The van der Waals surface area contributed by atoms with Crippen molar-refractivity contribution in [2.45, 2.75) is 18.9 Å². The van der Waals surface area contributed by atoms with E-state index in [-0.39, 0.29) is 6.10 Å². The molecule has 0 bridgehead atoms. The van der Waals surface area contributed by atoms with Crippen LogP contribution in [0.1, 0.15) is 12.8 Å². The second-order valence-electron chi connectivity index (χ2n) is 4.81. The number of anilines is 1. The standard InChI is InChI=1S/C14H16ClN3O2/c15-11-6-9(12-7-14(16)18-17-12)3-4-13(11)20-10-2-1-5-19-8-10/h3-4,6-7,10H,1-2,5,8H2,(H3,16,17,18). The van der Waals surface area contributed by atoms with Gasteiger partial charge in [0.2, 0.25) is 0 Å². The van der Waals surface area contributed by atoms with Crippen molar-refractivity contribution in [2.24, 2.45) is 0 Å². The summed E-state index contributed by atoms with van der Waals surface area (Å²) < 4.78 is 11.3. The molecule has 3 N–H and O–H groups in total. The molecule has 1 aromatic carbocycles. The van der Waals surface area contributed by atoms with Gasteiger partial charge in [-0.25, -0.2) is 0 Å². The average Bonchev–Trinajstić information content (AvgIpc) is 2.89. The zero-order valence-corrected chi connectivity index (χ0v) is 11.7. The maximum atomic E-state index is 6.27. The van der Waals surface area contributed by atoms with E-state index in [9.17, 15) is 0 Å². The van der Waals surface area contributed by atoms with Gasteiger partial charge in [-0.2, -0.15) is 5.10 Å². The fraction of sp³-hybridized carbons (Fsp3) is 0.357. The van der Waals surface area contributed by atoms with Gasteiger partial charge >= 0.3 is 0 Å². The molecule has 106 valence electrons. The number of nitrogens with two attached hydrogens (primary N) is 1. The Labute approximate surface area is 122 Å². The van der Waals surface area contributed by atoms with Crippen LogP contribution in [0, 0.1) is 0 Å². The first kappa shape index (κ1) is 13.3. The summed E-state index contributed by atoms with van der Waals surface area (Å²) in [5.41, 5.74) is 7.35. The third kappa shape index (κ3) is 2.89. The molecule has 1 aliphatic rings. The number of aromatic nitrogens is 2. The second kappa shape index (κ2) is 5.73. The smallest absolute Gasteiger partial charge is 0.145 e. The Hall–Kier alpha value is -1.72. The molecule has 2 heterocycles. The molecule has 1 fully saturated rings. The molecule has 0 spiro atoms. The van der Waals surface area contributed by atoms with Crippen molar-refractivity contribution in [2.75, 3.05) is 18.9 Å². The number of nitrogen functional groups attached to an aromatic ring is 1. The van der Waals surface area contributed by atoms with Crippen LogP contribution in [0.4, 0.5) is 5.82 Å². The number of benzene rings is 1. The van der Waals surface area contributed by atoms with Crippen LogP contribution < -0.4 is 10.5 Å². The van der Waals surface area contributed by atoms with Crippen LogP contribution in [0.25, 0.3) is 11.3 Å². The first-order valence-electron chi connectivity index (χ1n) is 6.57. The molecular formula is C14H16ClN3O2. The van der Waals surface area contributed by atoms with Crippen LogP contribution in [0.2, 0.25) is 5.02 Å². The number of hydrogen-bond acceptors (Lipinski definition) is 4. The second-order valence-corrected chi connectivity index (χ2v) is 5.22. The number of nitrogens with zero attached hydrogens (tertiary/aromatic N) is 1. The Morgan fingerprint density at radius 1 is 1.40 bits per heavy atom. The normalized spacial score (nSPS) is 18.9. The molecule has 20 heavy (non-hydrogen) atoms. The van der Waals surface area contributed by atoms with Gasteiger partial charge < -0.3 is 15.2 Å². The zero-order chi connectivity index (χ0) is 13.9. The van der Waals surface area contributed by atoms with Gasteiger partial charge in [-0.05, 0) is 31.0 Å². The first-order chi connectivity index (χ1) is 9.72. The van der Waals surface area contributed by atoms with Crippen LogP contribution in [0.5, 0.6) is 5.75 Å². The minimum atomic E-state index is 0.0786. The third-order valence-electron chi connectivity index (χ3n) is 3.25. The number of ether oxygens (including phenoxy) is 2. The minimum Gasteiger partial charge on any atom is -0.486 e. The Kier molecular flexibility index (Phi) is 3.80. The van der Waals surface area contributed by atoms with Crippen LogP contribution in [0.15, 0.2) is 24.3 Å². The van der Waals surface area contributed by atoms with Gasteiger partial charge in [0, 0.05) is 18.2 Å². The zero-order valence-electron chi connectivity index (χ0n) is 10.9.